The van der Waals surface area contributed by atoms with Crippen LogP contribution in [-0.2, 0) is 5.60 Å². The van der Waals surface area contributed by atoms with Crippen molar-refractivity contribution in [3.8, 4) is 11.6 Å². The number of halogens is 1. The minimum Gasteiger partial charge on any atom is -0.382 e. The van der Waals surface area contributed by atoms with E-state index >= 15 is 0 Å². The molecule has 0 unspecified atom stereocenters. The highest BCUT2D eigenvalue weighted by Crippen LogP contribution is 2.37. The molecule has 150 valence electrons. The lowest BCUT2D eigenvalue weighted by Crippen LogP contribution is -2.25. The normalized spacial score (nSPS) is 16.4. The maximum Gasteiger partial charge on any atom is 0.279 e. The predicted molar refractivity (Wildman–Crippen MR) is 103 cm³/mol. The van der Waals surface area contributed by atoms with Gasteiger partial charge in [0, 0.05) is 6.04 Å². The Bertz CT molecular complexity index is 1300. The number of hydrogen-bond donors (Lipinski definition) is 1. The molecule has 0 spiro atoms. The van der Waals surface area contributed by atoms with Gasteiger partial charge in [-0.05, 0) is 51.7 Å². The highest BCUT2D eigenvalue weighted by molar-refractivity contribution is 5.83. The van der Waals surface area contributed by atoms with Crippen LogP contribution in [0, 0.1) is 5.82 Å². The van der Waals surface area contributed by atoms with Crippen LogP contribution in [0.5, 0.6) is 0 Å². The monoisotopic (exact) mass is 397 g/mol. The van der Waals surface area contributed by atoms with Crippen LogP contribution in [0.1, 0.15) is 51.4 Å². The molecule has 1 saturated carbocycles. The van der Waals surface area contributed by atoms with E-state index in [-0.39, 0.29) is 34.5 Å². The van der Waals surface area contributed by atoms with Crippen LogP contribution in [0.25, 0.3) is 28.1 Å². The fourth-order valence-corrected chi connectivity index (χ4v) is 4.23. The Morgan fingerprint density at radius 2 is 2.00 bits per heavy atom. The Labute approximate surface area is 164 Å². The number of para-hydroxylation sites is 1. The van der Waals surface area contributed by atoms with Crippen molar-refractivity contribution >= 4 is 16.6 Å². The Kier molecular flexibility index (Phi) is 3.86. The van der Waals surface area contributed by atoms with Crippen LogP contribution in [0.2, 0.25) is 0 Å². The van der Waals surface area contributed by atoms with Crippen molar-refractivity contribution in [3.05, 3.63) is 46.5 Å². The molecule has 29 heavy (non-hydrogen) atoms. The SMILES string of the molecule is CC(C)n1c(=O)c2c(-c3nc(C4(O)CCCC4)no3)ncn2c2cccc(F)c21. The summed E-state index contributed by atoms with van der Waals surface area (Å²) in [5, 5.41) is 14.7. The zero-order chi connectivity index (χ0) is 20.3. The first-order valence-corrected chi connectivity index (χ1v) is 9.67. The third kappa shape index (κ3) is 2.53. The van der Waals surface area contributed by atoms with Gasteiger partial charge in [-0.25, -0.2) is 9.37 Å². The summed E-state index contributed by atoms with van der Waals surface area (Å²) in [7, 11) is 0. The van der Waals surface area contributed by atoms with Crippen LogP contribution in [0.15, 0.2) is 33.8 Å². The summed E-state index contributed by atoms with van der Waals surface area (Å²) in [6.45, 7) is 3.64. The van der Waals surface area contributed by atoms with Gasteiger partial charge in [0.05, 0.1) is 5.52 Å². The van der Waals surface area contributed by atoms with Gasteiger partial charge >= 0.3 is 0 Å². The van der Waals surface area contributed by atoms with Crippen molar-refractivity contribution in [2.24, 2.45) is 0 Å². The number of fused-ring (bicyclic) bond motifs is 3. The minimum atomic E-state index is -1.11. The molecule has 4 aromatic rings. The van der Waals surface area contributed by atoms with E-state index in [1.165, 1.54) is 17.0 Å². The summed E-state index contributed by atoms with van der Waals surface area (Å²) in [6, 6.07) is 4.38. The molecule has 1 N–H and O–H groups in total. The molecule has 1 aliphatic carbocycles. The van der Waals surface area contributed by atoms with Crippen LogP contribution < -0.4 is 5.56 Å². The highest BCUT2D eigenvalue weighted by Gasteiger charge is 2.38. The summed E-state index contributed by atoms with van der Waals surface area (Å²) in [5.41, 5.74) is -0.326. The van der Waals surface area contributed by atoms with E-state index in [0.717, 1.165) is 12.8 Å². The molecule has 3 aromatic heterocycles. The average molecular weight is 397 g/mol. The number of hydrogen-bond acceptors (Lipinski definition) is 6. The first-order chi connectivity index (χ1) is 13.9. The number of aliphatic hydroxyl groups is 1. The zero-order valence-corrected chi connectivity index (χ0v) is 16.1. The second-order valence-electron chi connectivity index (χ2n) is 7.85. The van der Waals surface area contributed by atoms with Crippen molar-refractivity contribution in [2.75, 3.05) is 0 Å². The first kappa shape index (κ1) is 18.0. The van der Waals surface area contributed by atoms with Gasteiger partial charge < -0.3 is 9.63 Å². The summed E-state index contributed by atoms with van der Waals surface area (Å²) in [6.07, 6.45) is 4.38. The van der Waals surface area contributed by atoms with E-state index in [9.17, 15) is 14.3 Å². The van der Waals surface area contributed by atoms with Crippen molar-refractivity contribution in [3.63, 3.8) is 0 Å². The van der Waals surface area contributed by atoms with Crippen LogP contribution in [-0.4, -0.2) is 29.2 Å². The fourth-order valence-electron chi connectivity index (χ4n) is 4.23. The highest BCUT2D eigenvalue weighted by atomic mass is 19.1. The second-order valence-corrected chi connectivity index (χ2v) is 7.85. The molecule has 1 fully saturated rings. The molecule has 0 saturated heterocycles. The second kappa shape index (κ2) is 6.21. The molecule has 0 bridgehead atoms. The zero-order valence-electron chi connectivity index (χ0n) is 16.1. The summed E-state index contributed by atoms with van der Waals surface area (Å²) in [5.74, 6) is -0.206. The summed E-state index contributed by atoms with van der Waals surface area (Å²) in [4.78, 5) is 22.0. The molecule has 9 heteroatoms. The smallest absolute Gasteiger partial charge is 0.279 e. The fraction of sp³-hybridized carbons (Fsp3) is 0.400. The number of benzene rings is 1. The van der Waals surface area contributed by atoms with Gasteiger partial charge in [-0.2, -0.15) is 4.98 Å². The van der Waals surface area contributed by atoms with Gasteiger partial charge in [-0.3, -0.25) is 13.8 Å². The summed E-state index contributed by atoms with van der Waals surface area (Å²) < 4.78 is 22.9. The molecule has 3 heterocycles. The lowest BCUT2D eigenvalue weighted by molar-refractivity contribution is 0.0328. The molecule has 0 atom stereocenters. The topological polar surface area (TPSA) is 98.5 Å². The van der Waals surface area contributed by atoms with E-state index in [1.807, 2.05) is 13.8 Å². The third-order valence-electron chi connectivity index (χ3n) is 5.65. The molecule has 0 radical (unpaired) electrons. The number of rotatable bonds is 3. The molecule has 1 aromatic carbocycles. The van der Waals surface area contributed by atoms with E-state index in [1.54, 1.807) is 16.5 Å². The number of imidazole rings is 1. The van der Waals surface area contributed by atoms with Crippen molar-refractivity contribution in [1.82, 2.24) is 24.1 Å². The Morgan fingerprint density at radius 3 is 2.72 bits per heavy atom. The minimum absolute atomic E-state index is 0.0611. The Morgan fingerprint density at radius 1 is 1.24 bits per heavy atom. The van der Waals surface area contributed by atoms with E-state index in [0.29, 0.717) is 18.4 Å². The van der Waals surface area contributed by atoms with Crippen LogP contribution in [0.3, 0.4) is 0 Å². The van der Waals surface area contributed by atoms with E-state index in [2.05, 4.69) is 15.1 Å². The largest absolute Gasteiger partial charge is 0.382 e. The van der Waals surface area contributed by atoms with Gasteiger partial charge in [0.2, 0.25) is 5.82 Å². The van der Waals surface area contributed by atoms with Gasteiger partial charge in [0.1, 0.15) is 28.8 Å². The lowest BCUT2D eigenvalue weighted by atomic mass is 10.0. The van der Waals surface area contributed by atoms with Crippen molar-refractivity contribution in [2.45, 2.75) is 51.2 Å². The van der Waals surface area contributed by atoms with Gasteiger partial charge in [-0.15, -0.1) is 0 Å². The quantitative estimate of drug-likeness (QED) is 0.570. The molecule has 5 rings (SSSR count). The van der Waals surface area contributed by atoms with Crippen molar-refractivity contribution in [1.29, 1.82) is 0 Å². The molecule has 1 aliphatic rings. The molecule has 0 aliphatic heterocycles. The average Bonchev–Trinajstić information content (AvgIpc) is 3.41. The molecule has 8 nitrogen and oxygen atoms in total. The van der Waals surface area contributed by atoms with E-state index in [4.69, 9.17) is 4.52 Å². The number of nitrogens with zero attached hydrogens (tertiary/aromatic N) is 5. The van der Waals surface area contributed by atoms with E-state index < -0.39 is 17.0 Å². The van der Waals surface area contributed by atoms with Gasteiger partial charge in [0.15, 0.2) is 5.69 Å². The maximum atomic E-state index is 14.6. The maximum absolute atomic E-state index is 14.6. The summed E-state index contributed by atoms with van der Waals surface area (Å²) >= 11 is 0. The van der Waals surface area contributed by atoms with Gasteiger partial charge in [0.25, 0.3) is 11.4 Å². The predicted octanol–water partition coefficient (Wildman–Crippen LogP) is 3.18. The Balaban J connectivity index is 1.78. The van der Waals surface area contributed by atoms with Gasteiger partial charge in [-0.1, -0.05) is 11.2 Å². The third-order valence-corrected chi connectivity index (χ3v) is 5.65. The molecule has 0 amide bonds. The number of aromatic nitrogens is 5. The van der Waals surface area contributed by atoms with Crippen LogP contribution >= 0.6 is 0 Å². The first-order valence-electron chi connectivity index (χ1n) is 9.67. The standard InChI is InChI=1S/C20H20FN5O3/c1-11(2)26-15-12(21)6-5-7-13(15)25-10-22-14(16(25)18(26)27)17-23-19(24-29-17)20(28)8-3-4-9-20/h5-7,10-11,28H,3-4,8-9H2,1-2H3. The van der Waals surface area contributed by atoms with Crippen molar-refractivity contribution < 1.29 is 14.0 Å². The molecular weight excluding hydrogens is 377 g/mol. The molecular formula is C20H20FN5O3. The van der Waals surface area contributed by atoms with Crippen LogP contribution in [0.4, 0.5) is 4.39 Å². The Hall–Kier alpha value is -3.07. The lowest BCUT2D eigenvalue weighted by Gasteiger charge is -2.16.